The highest BCUT2D eigenvalue weighted by Gasteiger charge is 2.23. The van der Waals surface area contributed by atoms with E-state index in [1.807, 2.05) is 6.07 Å². The van der Waals surface area contributed by atoms with Crippen molar-refractivity contribution in [3.8, 4) is 5.75 Å². The van der Waals surface area contributed by atoms with Gasteiger partial charge in [0.1, 0.15) is 11.6 Å². The van der Waals surface area contributed by atoms with E-state index in [4.69, 9.17) is 4.74 Å². The quantitative estimate of drug-likeness (QED) is 0.388. The number of hydrogen-bond acceptors (Lipinski definition) is 4. The lowest BCUT2D eigenvalue weighted by Gasteiger charge is -2.16. The number of benzene rings is 3. The van der Waals surface area contributed by atoms with Crippen molar-refractivity contribution in [3.63, 3.8) is 0 Å². The molecular formula is C25H21F2N3O3. The summed E-state index contributed by atoms with van der Waals surface area (Å²) >= 11 is 0. The molecule has 4 aromatic rings. The zero-order chi connectivity index (χ0) is 23.4. The first kappa shape index (κ1) is 22.1. The number of imidazole rings is 1. The number of carbonyl (C=O) groups is 2. The van der Waals surface area contributed by atoms with Crippen LogP contribution in [0.5, 0.6) is 5.75 Å². The average molecular weight is 449 g/mol. The van der Waals surface area contributed by atoms with Crippen molar-refractivity contribution in [1.29, 1.82) is 0 Å². The molecule has 3 aromatic carbocycles. The van der Waals surface area contributed by atoms with E-state index in [1.165, 1.54) is 0 Å². The molecule has 0 radical (unpaired) electrons. The van der Waals surface area contributed by atoms with Crippen molar-refractivity contribution in [1.82, 2.24) is 14.9 Å². The minimum Gasteiger partial charge on any atom is -0.484 e. The van der Waals surface area contributed by atoms with Crippen LogP contribution < -0.4 is 10.1 Å². The normalized spacial score (nSPS) is 12.0. The Balaban J connectivity index is 1.37. The molecule has 0 aliphatic rings. The van der Waals surface area contributed by atoms with Gasteiger partial charge in [0.25, 0.3) is 5.91 Å². The number of nitrogens with one attached hydrogen (secondary N) is 1. The van der Waals surface area contributed by atoms with Gasteiger partial charge in [-0.25, -0.2) is 4.98 Å². The van der Waals surface area contributed by atoms with Gasteiger partial charge in [0.2, 0.25) is 0 Å². The zero-order valence-corrected chi connectivity index (χ0v) is 17.7. The summed E-state index contributed by atoms with van der Waals surface area (Å²) in [4.78, 5) is 29.0. The summed E-state index contributed by atoms with van der Waals surface area (Å²) in [6.45, 7) is -1.52. The summed E-state index contributed by atoms with van der Waals surface area (Å²) in [6, 6.07) is 21.1. The molecule has 6 nitrogen and oxygen atoms in total. The van der Waals surface area contributed by atoms with Crippen LogP contribution in [0.3, 0.4) is 0 Å². The molecule has 0 fully saturated rings. The Bertz CT molecular complexity index is 1270. The number of nitrogens with zero attached hydrogens (tertiary/aromatic N) is 2. The van der Waals surface area contributed by atoms with E-state index in [0.717, 1.165) is 4.57 Å². The highest BCUT2D eigenvalue weighted by atomic mass is 19.3. The van der Waals surface area contributed by atoms with Crippen molar-refractivity contribution in [3.05, 3.63) is 95.8 Å². The fraction of sp³-hybridized carbons (Fsp3) is 0.160. The number of ketones is 1. The summed E-state index contributed by atoms with van der Waals surface area (Å²) in [5, 5.41) is 2.64. The van der Waals surface area contributed by atoms with E-state index in [-0.39, 0.29) is 18.2 Å². The highest BCUT2D eigenvalue weighted by Crippen LogP contribution is 2.26. The second-order valence-corrected chi connectivity index (χ2v) is 7.40. The van der Waals surface area contributed by atoms with Gasteiger partial charge in [-0.15, -0.1) is 0 Å². The minimum atomic E-state index is -2.79. The van der Waals surface area contributed by atoms with E-state index < -0.39 is 18.5 Å². The predicted molar refractivity (Wildman–Crippen MR) is 119 cm³/mol. The summed E-state index contributed by atoms with van der Waals surface area (Å²) in [7, 11) is 0. The fourth-order valence-corrected chi connectivity index (χ4v) is 3.53. The summed E-state index contributed by atoms with van der Waals surface area (Å²) in [5.74, 6) is -0.138. The minimum absolute atomic E-state index is 0.0586. The second-order valence-electron chi connectivity index (χ2n) is 7.40. The number of para-hydroxylation sites is 2. The third-order valence-corrected chi connectivity index (χ3v) is 5.11. The van der Waals surface area contributed by atoms with E-state index in [2.05, 4.69) is 10.3 Å². The largest absolute Gasteiger partial charge is 0.484 e. The lowest BCUT2D eigenvalue weighted by molar-refractivity contribution is -0.123. The Labute approximate surface area is 188 Å². The molecule has 33 heavy (non-hydrogen) atoms. The van der Waals surface area contributed by atoms with Crippen molar-refractivity contribution in [2.75, 3.05) is 6.61 Å². The first-order valence-corrected chi connectivity index (χ1v) is 10.3. The highest BCUT2D eigenvalue weighted by molar-refractivity contribution is 6.09. The van der Waals surface area contributed by atoms with E-state index in [0.29, 0.717) is 27.9 Å². The van der Waals surface area contributed by atoms with E-state index in [9.17, 15) is 18.4 Å². The number of carbonyl (C=O) groups excluding carboxylic acids is 2. The number of rotatable bonds is 8. The van der Waals surface area contributed by atoms with Gasteiger partial charge < -0.3 is 10.1 Å². The molecule has 0 bridgehead atoms. The van der Waals surface area contributed by atoms with Crippen LogP contribution in [0.4, 0.5) is 8.78 Å². The topological polar surface area (TPSA) is 73.2 Å². The number of halogens is 2. The molecule has 1 amide bonds. The molecule has 0 spiro atoms. The Morgan fingerprint density at radius 2 is 1.58 bits per heavy atom. The van der Waals surface area contributed by atoms with Crippen LogP contribution in [0.1, 0.15) is 41.3 Å². The number of alkyl halides is 2. The van der Waals surface area contributed by atoms with Gasteiger partial charge in [-0.2, -0.15) is 8.78 Å². The molecule has 0 aliphatic heterocycles. The number of ether oxygens (including phenoxy) is 1. The number of hydrogen-bond donors (Lipinski definition) is 1. The Morgan fingerprint density at radius 3 is 2.27 bits per heavy atom. The van der Waals surface area contributed by atoms with Gasteiger partial charge in [-0.3, -0.25) is 14.2 Å². The Kier molecular flexibility index (Phi) is 6.44. The average Bonchev–Trinajstić information content (AvgIpc) is 3.23. The summed E-state index contributed by atoms with van der Waals surface area (Å²) in [6.07, 6.45) is 0. The standard InChI is InChI=1S/C25H21F2N3O3/c1-16(24-29-20-9-5-6-10-21(20)30(24)25(26)27)28-22(31)15-33-19-13-11-18(12-14-19)23(32)17-7-3-2-4-8-17/h2-14,16,25H,15H2,1H3,(H,28,31). The van der Waals surface area contributed by atoms with Gasteiger partial charge in [-0.05, 0) is 43.3 Å². The molecule has 1 atom stereocenters. The van der Waals surface area contributed by atoms with Gasteiger partial charge >= 0.3 is 6.55 Å². The van der Waals surface area contributed by atoms with Crippen LogP contribution in [0.25, 0.3) is 11.0 Å². The maximum Gasteiger partial charge on any atom is 0.320 e. The SMILES string of the molecule is CC(NC(=O)COc1ccc(C(=O)c2ccccc2)cc1)c1nc2ccccc2n1C(F)F. The van der Waals surface area contributed by atoms with Crippen molar-refractivity contribution < 1.29 is 23.1 Å². The van der Waals surface area contributed by atoms with Gasteiger partial charge in [-0.1, -0.05) is 42.5 Å². The molecule has 168 valence electrons. The van der Waals surface area contributed by atoms with Crippen molar-refractivity contribution in [2.24, 2.45) is 0 Å². The Morgan fingerprint density at radius 1 is 0.939 bits per heavy atom. The summed E-state index contributed by atoms with van der Waals surface area (Å²) < 4.78 is 33.5. The number of fused-ring (bicyclic) bond motifs is 1. The molecule has 8 heteroatoms. The molecule has 0 saturated heterocycles. The third kappa shape index (κ3) is 4.90. The predicted octanol–water partition coefficient (Wildman–Crippen LogP) is 4.92. The van der Waals surface area contributed by atoms with Gasteiger partial charge in [0, 0.05) is 11.1 Å². The van der Waals surface area contributed by atoms with Crippen LogP contribution in [-0.2, 0) is 4.79 Å². The van der Waals surface area contributed by atoms with Crippen LogP contribution in [0.15, 0.2) is 78.9 Å². The maximum absolute atomic E-state index is 13.6. The van der Waals surface area contributed by atoms with Gasteiger partial charge in [0.05, 0.1) is 17.1 Å². The van der Waals surface area contributed by atoms with Crippen LogP contribution >= 0.6 is 0 Å². The van der Waals surface area contributed by atoms with E-state index in [1.54, 1.807) is 79.7 Å². The molecule has 1 heterocycles. The smallest absolute Gasteiger partial charge is 0.320 e. The van der Waals surface area contributed by atoms with Crippen LogP contribution in [-0.4, -0.2) is 27.8 Å². The van der Waals surface area contributed by atoms with Gasteiger partial charge in [0.15, 0.2) is 12.4 Å². The molecule has 1 aromatic heterocycles. The van der Waals surface area contributed by atoms with Crippen LogP contribution in [0, 0.1) is 0 Å². The zero-order valence-electron chi connectivity index (χ0n) is 17.7. The molecular weight excluding hydrogens is 428 g/mol. The maximum atomic E-state index is 13.6. The monoisotopic (exact) mass is 449 g/mol. The first-order valence-electron chi connectivity index (χ1n) is 10.3. The molecule has 0 aliphatic carbocycles. The molecule has 1 unspecified atom stereocenters. The van der Waals surface area contributed by atoms with E-state index >= 15 is 0 Å². The molecule has 1 N–H and O–H groups in total. The Hall–Kier alpha value is -4.07. The van der Waals surface area contributed by atoms with Crippen molar-refractivity contribution >= 4 is 22.7 Å². The lowest BCUT2D eigenvalue weighted by atomic mass is 10.0. The number of aromatic nitrogens is 2. The fourth-order valence-electron chi connectivity index (χ4n) is 3.53. The molecule has 0 saturated carbocycles. The van der Waals surface area contributed by atoms with Crippen molar-refractivity contribution in [2.45, 2.75) is 19.5 Å². The first-order chi connectivity index (χ1) is 15.9. The second kappa shape index (κ2) is 9.60. The third-order valence-electron chi connectivity index (χ3n) is 5.11. The molecule has 4 rings (SSSR count). The summed E-state index contributed by atoms with van der Waals surface area (Å²) in [5.41, 5.74) is 1.80. The van der Waals surface area contributed by atoms with Crippen LogP contribution in [0.2, 0.25) is 0 Å². The number of amides is 1. The lowest BCUT2D eigenvalue weighted by Crippen LogP contribution is -2.32.